The van der Waals surface area contributed by atoms with Gasteiger partial charge in [-0.1, -0.05) is 12.1 Å². The predicted molar refractivity (Wildman–Crippen MR) is 91.2 cm³/mol. The second-order valence-electron chi connectivity index (χ2n) is 6.19. The Hall–Kier alpha value is -3.09. The Balaban J connectivity index is 1.38. The van der Waals surface area contributed by atoms with Gasteiger partial charge in [0.15, 0.2) is 0 Å². The van der Waals surface area contributed by atoms with Gasteiger partial charge in [-0.3, -0.25) is 14.7 Å². The van der Waals surface area contributed by atoms with Crippen molar-refractivity contribution in [2.45, 2.75) is 18.9 Å². The molecule has 1 fully saturated rings. The Kier molecular flexibility index (Phi) is 3.97. The fourth-order valence-corrected chi connectivity index (χ4v) is 3.22. The van der Waals surface area contributed by atoms with Crippen LogP contribution in [0, 0.1) is 0 Å². The van der Waals surface area contributed by atoms with Crippen LogP contribution in [-0.2, 0) is 0 Å². The van der Waals surface area contributed by atoms with Crippen molar-refractivity contribution in [1.29, 1.82) is 0 Å². The van der Waals surface area contributed by atoms with Crippen molar-refractivity contribution >= 4 is 22.7 Å². The largest absolute Gasteiger partial charge is 0.472 e. The summed E-state index contributed by atoms with van der Waals surface area (Å²) in [5.74, 6) is -0.143. The molecule has 128 valence electrons. The molecule has 0 aliphatic carbocycles. The van der Waals surface area contributed by atoms with Gasteiger partial charge < -0.3 is 14.6 Å². The summed E-state index contributed by atoms with van der Waals surface area (Å²) < 4.78 is 4.97. The van der Waals surface area contributed by atoms with E-state index in [1.807, 2.05) is 12.1 Å². The summed E-state index contributed by atoms with van der Waals surface area (Å²) in [4.78, 5) is 26.7. The number of carbonyl (C=O) groups is 2. The van der Waals surface area contributed by atoms with Gasteiger partial charge in [0.25, 0.3) is 11.8 Å². The summed E-state index contributed by atoms with van der Waals surface area (Å²) in [5.41, 5.74) is 1.90. The van der Waals surface area contributed by atoms with Crippen molar-refractivity contribution in [2.75, 3.05) is 13.1 Å². The van der Waals surface area contributed by atoms with Crippen molar-refractivity contribution in [1.82, 2.24) is 20.4 Å². The highest BCUT2D eigenvalue weighted by Crippen LogP contribution is 2.18. The number of para-hydroxylation sites is 1. The second kappa shape index (κ2) is 6.43. The monoisotopic (exact) mass is 338 g/mol. The lowest BCUT2D eigenvalue weighted by Crippen LogP contribution is -2.46. The standard InChI is InChI=1S/C18H18N4O3/c23-17(15-3-1-2-12-10-19-21-16(12)15)20-14-4-7-22(8-5-14)18(24)13-6-9-25-11-13/h1-3,6,9-11,14H,4-5,7-8H2,(H,19,21)(H,20,23). The number of likely N-dealkylation sites (tertiary alicyclic amines) is 1. The predicted octanol–water partition coefficient (Wildman–Crippen LogP) is 2.19. The summed E-state index contributed by atoms with van der Waals surface area (Å²) in [6, 6.07) is 7.27. The van der Waals surface area contributed by atoms with Crippen molar-refractivity contribution in [3.8, 4) is 0 Å². The maximum Gasteiger partial charge on any atom is 0.257 e. The first-order valence-corrected chi connectivity index (χ1v) is 8.27. The maximum absolute atomic E-state index is 12.6. The number of piperidine rings is 1. The summed E-state index contributed by atoms with van der Waals surface area (Å²) in [6.07, 6.45) is 6.12. The molecule has 1 aliphatic rings. The van der Waals surface area contributed by atoms with Crippen LogP contribution in [0.5, 0.6) is 0 Å². The Morgan fingerprint density at radius 2 is 2.08 bits per heavy atom. The minimum absolute atomic E-state index is 0.0271. The quantitative estimate of drug-likeness (QED) is 0.766. The van der Waals surface area contributed by atoms with Gasteiger partial charge in [0.2, 0.25) is 0 Å². The molecule has 2 aromatic heterocycles. The average molecular weight is 338 g/mol. The fraction of sp³-hybridized carbons (Fsp3) is 0.278. The molecule has 2 amide bonds. The van der Waals surface area contributed by atoms with Crippen LogP contribution >= 0.6 is 0 Å². The number of amides is 2. The van der Waals surface area contributed by atoms with E-state index in [-0.39, 0.29) is 17.9 Å². The summed E-state index contributed by atoms with van der Waals surface area (Å²) in [7, 11) is 0. The molecule has 0 spiro atoms. The first kappa shape index (κ1) is 15.4. The minimum Gasteiger partial charge on any atom is -0.472 e. The molecule has 1 saturated heterocycles. The van der Waals surface area contributed by atoms with Gasteiger partial charge in [0.1, 0.15) is 6.26 Å². The molecule has 2 N–H and O–H groups in total. The summed E-state index contributed by atoms with van der Waals surface area (Å²) in [5, 5.41) is 10.8. The topological polar surface area (TPSA) is 91.2 Å². The van der Waals surface area contributed by atoms with E-state index in [9.17, 15) is 9.59 Å². The lowest BCUT2D eigenvalue weighted by atomic mass is 10.0. The number of hydrogen-bond donors (Lipinski definition) is 2. The third-order valence-corrected chi connectivity index (χ3v) is 4.61. The third-order valence-electron chi connectivity index (χ3n) is 4.61. The Morgan fingerprint density at radius 3 is 2.84 bits per heavy atom. The van der Waals surface area contributed by atoms with Gasteiger partial charge in [-0.25, -0.2) is 0 Å². The van der Waals surface area contributed by atoms with E-state index in [4.69, 9.17) is 4.42 Å². The maximum atomic E-state index is 12.6. The van der Waals surface area contributed by atoms with Crippen LogP contribution < -0.4 is 5.32 Å². The van der Waals surface area contributed by atoms with E-state index in [0.29, 0.717) is 24.2 Å². The van der Waals surface area contributed by atoms with Gasteiger partial charge in [0, 0.05) is 24.5 Å². The third kappa shape index (κ3) is 3.00. The summed E-state index contributed by atoms with van der Waals surface area (Å²) in [6.45, 7) is 1.23. The highest BCUT2D eigenvalue weighted by atomic mass is 16.3. The van der Waals surface area contributed by atoms with E-state index >= 15 is 0 Å². The van der Waals surface area contributed by atoms with Crippen LogP contribution in [0.25, 0.3) is 10.9 Å². The van der Waals surface area contributed by atoms with Crippen LogP contribution in [0.1, 0.15) is 33.6 Å². The molecule has 4 rings (SSSR count). The molecule has 0 unspecified atom stereocenters. The normalized spacial score (nSPS) is 15.4. The van der Waals surface area contributed by atoms with Crippen LogP contribution in [0.15, 0.2) is 47.4 Å². The molecule has 0 bridgehead atoms. The first-order valence-electron chi connectivity index (χ1n) is 8.27. The number of carbonyl (C=O) groups excluding carboxylic acids is 2. The molecular weight excluding hydrogens is 320 g/mol. The van der Waals surface area contributed by atoms with E-state index in [1.165, 1.54) is 12.5 Å². The van der Waals surface area contributed by atoms with Crippen molar-refractivity contribution < 1.29 is 14.0 Å². The van der Waals surface area contributed by atoms with E-state index < -0.39 is 0 Å². The fourth-order valence-electron chi connectivity index (χ4n) is 3.22. The molecular formula is C18H18N4O3. The van der Waals surface area contributed by atoms with Crippen LogP contribution in [-0.4, -0.2) is 46.0 Å². The smallest absolute Gasteiger partial charge is 0.257 e. The minimum atomic E-state index is -0.116. The van der Waals surface area contributed by atoms with Gasteiger partial charge in [-0.15, -0.1) is 0 Å². The highest BCUT2D eigenvalue weighted by molar-refractivity contribution is 6.05. The number of H-pyrrole nitrogens is 1. The van der Waals surface area contributed by atoms with Crippen molar-refractivity contribution in [2.24, 2.45) is 0 Å². The zero-order valence-corrected chi connectivity index (χ0v) is 13.6. The first-order chi connectivity index (χ1) is 12.2. The number of benzene rings is 1. The van der Waals surface area contributed by atoms with Crippen LogP contribution in [0.3, 0.4) is 0 Å². The second-order valence-corrected chi connectivity index (χ2v) is 6.19. The lowest BCUT2D eigenvalue weighted by molar-refractivity contribution is 0.0697. The van der Waals surface area contributed by atoms with E-state index in [1.54, 1.807) is 23.2 Å². The Morgan fingerprint density at radius 1 is 1.24 bits per heavy atom. The highest BCUT2D eigenvalue weighted by Gasteiger charge is 2.25. The SMILES string of the molecule is O=C(NC1CCN(C(=O)c2ccoc2)CC1)c1cccc2cn[nH]c12. The van der Waals surface area contributed by atoms with Gasteiger partial charge in [-0.2, -0.15) is 5.10 Å². The molecule has 3 aromatic rings. The molecule has 1 aromatic carbocycles. The molecule has 0 atom stereocenters. The van der Waals surface area contributed by atoms with Crippen molar-refractivity contribution in [3.05, 3.63) is 54.1 Å². The number of aromatic amines is 1. The lowest BCUT2D eigenvalue weighted by Gasteiger charge is -2.32. The molecule has 3 heterocycles. The zero-order chi connectivity index (χ0) is 17.2. The number of nitrogens with zero attached hydrogens (tertiary/aromatic N) is 2. The molecule has 7 heteroatoms. The molecule has 0 saturated carbocycles. The molecule has 25 heavy (non-hydrogen) atoms. The zero-order valence-electron chi connectivity index (χ0n) is 13.6. The van der Waals surface area contributed by atoms with Gasteiger partial charge >= 0.3 is 0 Å². The van der Waals surface area contributed by atoms with Crippen molar-refractivity contribution in [3.63, 3.8) is 0 Å². The average Bonchev–Trinajstić information content (AvgIpc) is 3.33. The Bertz CT molecular complexity index is 892. The number of nitrogens with one attached hydrogen (secondary N) is 2. The Labute approximate surface area is 144 Å². The van der Waals surface area contributed by atoms with E-state index in [0.717, 1.165) is 23.7 Å². The number of rotatable bonds is 3. The van der Waals surface area contributed by atoms with Crippen LogP contribution in [0.2, 0.25) is 0 Å². The van der Waals surface area contributed by atoms with Gasteiger partial charge in [0.05, 0.1) is 29.1 Å². The number of furan rings is 1. The van der Waals surface area contributed by atoms with Crippen LogP contribution in [0.4, 0.5) is 0 Å². The molecule has 7 nitrogen and oxygen atoms in total. The number of fused-ring (bicyclic) bond motifs is 1. The summed E-state index contributed by atoms with van der Waals surface area (Å²) >= 11 is 0. The number of hydrogen-bond acceptors (Lipinski definition) is 4. The number of aromatic nitrogens is 2. The molecule has 0 radical (unpaired) electrons. The van der Waals surface area contributed by atoms with Gasteiger partial charge in [-0.05, 0) is 25.0 Å². The van der Waals surface area contributed by atoms with E-state index in [2.05, 4.69) is 15.5 Å². The molecule has 1 aliphatic heterocycles.